The summed E-state index contributed by atoms with van der Waals surface area (Å²) in [5, 5.41) is 2.65. The van der Waals surface area contributed by atoms with Crippen molar-refractivity contribution >= 4 is 6.03 Å². The zero-order valence-corrected chi connectivity index (χ0v) is 5.71. The lowest BCUT2D eigenvalue weighted by Gasteiger charge is -2.15. The van der Waals surface area contributed by atoms with Crippen molar-refractivity contribution in [1.29, 1.82) is 0 Å². The third kappa shape index (κ3) is 1.58. The van der Waals surface area contributed by atoms with Crippen LogP contribution in [0.1, 0.15) is 0 Å². The summed E-state index contributed by atoms with van der Waals surface area (Å²) in [7, 11) is 0. The molecule has 10 heavy (non-hydrogen) atoms. The molecule has 1 rings (SSSR count). The molecule has 1 aliphatic rings. The number of nitrogens with two attached hydrogens (primary N) is 2. The highest BCUT2D eigenvalue weighted by Gasteiger charge is 2.19. The highest BCUT2D eigenvalue weighted by molar-refractivity contribution is 5.76. The number of carbonyl (C=O) groups is 1. The molecule has 2 amide bonds. The van der Waals surface area contributed by atoms with Gasteiger partial charge in [0.2, 0.25) is 0 Å². The van der Waals surface area contributed by atoms with Crippen molar-refractivity contribution in [3.05, 3.63) is 0 Å². The van der Waals surface area contributed by atoms with E-state index in [0.717, 1.165) is 0 Å². The summed E-state index contributed by atoms with van der Waals surface area (Å²) in [5.74, 6) is 0. The van der Waals surface area contributed by atoms with Crippen LogP contribution in [-0.2, 0) is 0 Å². The van der Waals surface area contributed by atoms with Gasteiger partial charge in [0.25, 0.3) is 0 Å². The fourth-order valence-corrected chi connectivity index (χ4v) is 0.940. The van der Waals surface area contributed by atoms with Gasteiger partial charge in [-0.1, -0.05) is 0 Å². The van der Waals surface area contributed by atoms with Crippen LogP contribution in [0.3, 0.4) is 0 Å². The largest absolute Gasteiger partial charge is 0.336 e. The van der Waals surface area contributed by atoms with Crippen molar-refractivity contribution in [3.8, 4) is 0 Å². The number of carbonyl (C=O) groups excluding carboxylic acids is 1. The molecule has 5 N–H and O–H groups in total. The van der Waals surface area contributed by atoms with Crippen LogP contribution < -0.4 is 16.8 Å². The van der Waals surface area contributed by atoms with Crippen molar-refractivity contribution in [2.45, 2.75) is 6.17 Å². The molecular formula is C5H12N4O. The maximum atomic E-state index is 10.8. The number of nitrogens with one attached hydrogen (secondary N) is 1. The van der Waals surface area contributed by atoms with E-state index in [4.69, 9.17) is 11.5 Å². The van der Waals surface area contributed by atoms with Crippen LogP contribution in [0.5, 0.6) is 0 Å². The van der Waals surface area contributed by atoms with Crippen molar-refractivity contribution in [2.75, 3.05) is 19.6 Å². The van der Waals surface area contributed by atoms with E-state index in [1.807, 2.05) is 0 Å². The van der Waals surface area contributed by atoms with Gasteiger partial charge in [-0.15, -0.1) is 0 Å². The van der Waals surface area contributed by atoms with Crippen LogP contribution >= 0.6 is 0 Å². The summed E-state index contributed by atoms with van der Waals surface area (Å²) in [6, 6.07) is -0.0686. The Morgan fingerprint density at radius 2 is 2.40 bits per heavy atom. The summed E-state index contributed by atoms with van der Waals surface area (Å²) in [5.41, 5.74) is 10.6. The Morgan fingerprint density at radius 1 is 1.70 bits per heavy atom. The van der Waals surface area contributed by atoms with E-state index in [-0.39, 0.29) is 6.03 Å². The molecule has 0 aromatic carbocycles. The van der Waals surface area contributed by atoms with Gasteiger partial charge in [0.1, 0.15) is 0 Å². The molecule has 1 saturated heterocycles. The Balaban J connectivity index is 2.33. The molecule has 5 nitrogen and oxygen atoms in total. The van der Waals surface area contributed by atoms with Crippen molar-refractivity contribution < 1.29 is 4.79 Å². The lowest BCUT2D eigenvalue weighted by molar-refractivity contribution is 0.214. The van der Waals surface area contributed by atoms with Gasteiger partial charge in [-0.3, -0.25) is 0 Å². The third-order valence-corrected chi connectivity index (χ3v) is 1.38. The fraction of sp³-hybridized carbons (Fsp3) is 0.800. The smallest absolute Gasteiger partial charge is 0.317 e. The van der Waals surface area contributed by atoms with E-state index in [1.165, 1.54) is 0 Å². The summed E-state index contributed by atoms with van der Waals surface area (Å²) in [6.45, 7) is 1.85. The van der Waals surface area contributed by atoms with Crippen molar-refractivity contribution in [2.24, 2.45) is 11.5 Å². The standard InChI is InChI=1S/C5H12N4O/c6-4(7)3-9-2-1-8-5(9)10/h4H,1-3,6-7H2,(H,8,10). The second kappa shape index (κ2) is 2.85. The minimum absolute atomic E-state index is 0.0686. The molecule has 0 aliphatic carbocycles. The van der Waals surface area contributed by atoms with Gasteiger partial charge in [-0.05, 0) is 0 Å². The molecule has 0 unspecified atom stereocenters. The maximum absolute atomic E-state index is 10.8. The number of rotatable bonds is 2. The minimum atomic E-state index is -0.427. The van der Waals surface area contributed by atoms with E-state index in [9.17, 15) is 4.79 Å². The Kier molecular flexibility index (Phi) is 2.08. The highest BCUT2D eigenvalue weighted by atomic mass is 16.2. The van der Waals surface area contributed by atoms with E-state index in [1.54, 1.807) is 4.90 Å². The van der Waals surface area contributed by atoms with Gasteiger partial charge in [0.05, 0.1) is 12.7 Å². The zero-order chi connectivity index (χ0) is 7.56. The molecule has 1 heterocycles. The lowest BCUT2D eigenvalue weighted by Crippen LogP contribution is -2.44. The average molecular weight is 144 g/mol. The van der Waals surface area contributed by atoms with E-state index < -0.39 is 6.17 Å². The summed E-state index contributed by atoms with van der Waals surface area (Å²) >= 11 is 0. The monoisotopic (exact) mass is 144 g/mol. The normalized spacial score (nSPS) is 18.3. The van der Waals surface area contributed by atoms with Gasteiger partial charge >= 0.3 is 6.03 Å². The quantitative estimate of drug-likeness (QED) is 0.402. The molecule has 0 radical (unpaired) electrons. The molecule has 0 bridgehead atoms. The van der Waals surface area contributed by atoms with Crippen LogP contribution in [0.25, 0.3) is 0 Å². The minimum Gasteiger partial charge on any atom is -0.336 e. The molecule has 5 heteroatoms. The average Bonchev–Trinajstić information content (AvgIpc) is 2.15. The Hall–Kier alpha value is -0.810. The fourth-order valence-electron chi connectivity index (χ4n) is 0.940. The lowest BCUT2D eigenvalue weighted by atomic mass is 10.5. The molecule has 1 aliphatic heterocycles. The third-order valence-electron chi connectivity index (χ3n) is 1.38. The number of hydrogen-bond donors (Lipinski definition) is 3. The SMILES string of the molecule is NC(N)CN1CCNC1=O. The van der Waals surface area contributed by atoms with Crippen molar-refractivity contribution in [1.82, 2.24) is 10.2 Å². The number of nitrogens with zero attached hydrogens (tertiary/aromatic N) is 1. The first kappa shape index (κ1) is 7.30. The molecule has 1 fully saturated rings. The van der Waals surface area contributed by atoms with E-state index in [0.29, 0.717) is 19.6 Å². The molecule has 0 spiro atoms. The van der Waals surface area contributed by atoms with Crippen LogP contribution in [0, 0.1) is 0 Å². The summed E-state index contributed by atoms with van der Waals surface area (Å²) in [4.78, 5) is 12.4. The van der Waals surface area contributed by atoms with Gasteiger partial charge in [0.15, 0.2) is 0 Å². The number of urea groups is 1. The van der Waals surface area contributed by atoms with Gasteiger partial charge in [-0.25, -0.2) is 4.79 Å². The van der Waals surface area contributed by atoms with Gasteiger partial charge in [0, 0.05) is 13.1 Å². The first-order valence-corrected chi connectivity index (χ1v) is 3.24. The molecule has 0 aromatic rings. The first-order chi connectivity index (χ1) is 4.70. The number of amides is 2. The predicted octanol–water partition coefficient (Wildman–Crippen LogP) is -1.74. The molecule has 0 atom stereocenters. The van der Waals surface area contributed by atoms with E-state index >= 15 is 0 Å². The van der Waals surface area contributed by atoms with Gasteiger partial charge in [-0.2, -0.15) is 0 Å². The second-order valence-electron chi connectivity index (χ2n) is 2.34. The van der Waals surface area contributed by atoms with Gasteiger partial charge < -0.3 is 21.7 Å². The highest BCUT2D eigenvalue weighted by Crippen LogP contribution is 1.94. The Morgan fingerprint density at radius 3 is 2.80 bits per heavy atom. The molecule has 0 aromatic heterocycles. The molecule has 58 valence electrons. The zero-order valence-electron chi connectivity index (χ0n) is 5.71. The molecular weight excluding hydrogens is 132 g/mol. The van der Waals surface area contributed by atoms with Crippen LogP contribution in [0.2, 0.25) is 0 Å². The summed E-state index contributed by atoms with van der Waals surface area (Å²) in [6.07, 6.45) is -0.427. The molecule has 0 saturated carbocycles. The maximum Gasteiger partial charge on any atom is 0.317 e. The predicted molar refractivity (Wildman–Crippen MR) is 37.1 cm³/mol. The Bertz CT molecular complexity index is 136. The van der Waals surface area contributed by atoms with E-state index in [2.05, 4.69) is 5.32 Å². The summed E-state index contributed by atoms with van der Waals surface area (Å²) < 4.78 is 0. The van der Waals surface area contributed by atoms with Crippen LogP contribution in [0.15, 0.2) is 0 Å². The second-order valence-corrected chi connectivity index (χ2v) is 2.34. The number of hydrogen-bond acceptors (Lipinski definition) is 3. The van der Waals surface area contributed by atoms with Crippen LogP contribution in [0.4, 0.5) is 4.79 Å². The van der Waals surface area contributed by atoms with Crippen LogP contribution in [-0.4, -0.2) is 36.7 Å². The van der Waals surface area contributed by atoms with Crippen molar-refractivity contribution in [3.63, 3.8) is 0 Å². The Labute approximate surface area is 59.3 Å². The topological polar surface area (TPSA) is 84.4 Å². The first-order valence-electron chi connectivity index (χ1n) is 3.24.